The molecule has 0 saturated carbocycles. The Morgan fingerprint density at radius 2 is 0.603 bits per heavy atom. The maximum atomic E-state index is 12.8. The van der Waals surface area contributed by atoms with Gasteiger partial charge in [-0.05, 0) is 122 Å². The lowest BCUT2D eigenvalue weighted by molar-refractivity contribution is -0.166. The molecule has 68 heavy (non-hydrogen) atoms. The Hall–Kier alpha value is -4.45. The van der Waals surface area contributed by atoms with Crippen LogP contribution in [-0.2, 0) is 28.6 Å². The molecular weight excluding hydrogens is 841 g/mol. The Morgan fingerprint density at radius 1 is 0.309 bits per heavy atom. The molecule has 0 saturated heterocycles. The second-order valence-electron chi connectivity index (χ2n) is 17.4. The number of carbonyl (C=O) groups is 3. The molecule has 6 heteroatoms. The topological polar surface area (TPSA) is 78.9 Å². The minimum absolute atomic E-state index is 0.121. The van der Waals surface area contributed by atoms with E-state index in [-0.39, 0.29) is 44.0 Å². The van der Waals surface area contributed by atoms with E-state index >= 15 is 0 Å². The quantitative estimate of drug-likeness (QED) is 0.0262. The fourth-order valence-electron chi connectivity index (χ4n) is 6.86. The Morgan fingerprint density at radius 3 is 0.985 bits per heavy atom. The summed E-state index contributed by atoms with van der Waals surface area (Å²) in [5, 5.41) is 0. The van der Waals surface area contributed by atoms with Gasteiger partial charge in [0, 0.05) is 19.3 Å². The summed E-state index contributed by atoms with van der Waals surface area (Å²) in [5.41, 5.74) is 0. The maximum Gasteiger partial charge on any atom is 0.306 e. The molecule has 0 N–H and O–H groups in total. The molecule has 0 aliphatic rings. The summed E-state index contributed by atoms with van der Waals surface area (Å²) < 4.78 is 16.7. The molecule has 0 spiro atoms. The van der Waals surface area contributed by atoms with Crippen LogP contribution in [0.25, 0.3) is 0 Å². The van der Waals surface area contributed by atoms with E-state index in [0.717, 1.165) is 141 Å². The predicted octanol–water partition coefficient (Wildman–Crippen LogP) is 18.3. The highest BCUT2D eigenvalue weighted by molar-refractivity contribution is 5.71. The predicted molar refractivity (Wildman–Crippen MR) is 292 cm³/mol. The summed E-state index contributed by atoms with van der Waals surface area (Å²) in [4.78, 5) is 38.0. The van der Waals surface area contributed by atoms with E-state index in [0.29, 0.717) is 12.8 Å². The van der Waals surface area contributed by atoms with Crippen molar-refractivity contribution in [2.45, 2.75) is 226 Å². The van der Waals surface area contributed by atoms with Crippen LogP contribution in [0, 0.1) is 0 Å². The minimum atomic E-state index is -0.827. The summed E-state index contributed by atoms with van der Waals surface area (Å²) in [5.74, 6) is -1.04. The normalized spacial score (nSPS) is 13.2. The molecule has 0 radical (unpaired) electrons. The number of rotatable bonds is 47. The Bertz CT molecular complexity index is 1500. The van der Waals surface area contributed by atoms with Gasteiger partial charge in [-0.3, -0.25) is 14.4 Å². The van der Waals surface area contributed by atoms with Gasteiger partial charge in [0.15, 0.2) is 6.10 Å². The van der Waals surface area contributed by atoms with Crippen molar-refractivity contribution in [1.29, 1.82) is 0 Å². The van der Waals surface area contributed by atoms with E-state index in [1.807, 2.05) is 12.2 Å². The molecule has 0 rings (SSSR count). The van der Waals surface area contributed by atoms with E-state index in [9.17, 15) is 14.4 Å². The molecule has 0 aliphatic carbocycles. The first-order valence-corrected chi connectivity index (χ1v) is 27.2. The zero-order chi connectivity index (χ0) is 49.3. The largest absolute Gasteiger partial charge is 0.462 e. The van der Waals surface area contributed by atoms with Crippen molar-refractivity contribution in [3.8, 4) is 0 Å². The highest BCUT2D eigenvalue weighted by atomic mass is 16.6. The molecule has 0 amide bonds. The SMILES string of the molecule is CC/C=C\C/C=C\C/C=C\C/C=C\C/C=C\CCCCCCCC(=O)OCC(COC(=O)CC/C=C\C/C=C\C/C=C\C/C=C\CC)OC(=O)CCCCCCC/C=C\C/C=C\CCCCCC. The van der Waals surface area contributed by atoms with Crippen molar-refractivity contribution >= 4 is 17.9 Å². The molecule has 6 nitrogen and oxygen atoms in total. The molecule has 0 aromatic rings. The van der Waals surface area contributed by atoms with Crippen molar-refractivity contribution in [2.75, 3.05) is 13.2 Å². The van der Waals surface area contributed by atoms with Crippen LogP contribution >= 0.6 is 0 Å². The molecule has 0 fully saturated rings. The molecule has 0 bridgehead atoms. The third kappa shape index (κ3) is 52.5. The summed E-state index contributed by atoms with van der Waals surface area (Å²) in [6.07, 6.45) is 77.3. The van der Waals surface area contributed by atoms with Gasteiger partial charge in [0.2, 0.25) is 0 Å². The lowest BCUT2D eigenvalue weighted by Crippen LogP contribution is -2.30. The lowest BCUT2D eigenvalue weighted by atomic mass is 10.1. The highest BCUT2D eigenvalue weighted by Crippen LogP contribution is 2.12. The fraction of sp³-hybridized carbons (Fsp3) is 0.597. The van der Waals surface area contributed by atoms with Crippen LogP contribution in [0.3, 0.4) is 0 Å². The van der Waals surface area contributed by atoms with Crippen LogP contribution in [0.15, 0.2) is 134 Å². The first-order valence-electron chi connectivity index (χ1n) is 27.2. The van der Waals surface area contributed by atoms with Gasteiger partial charge in [-0.15, -0.1) is 0 Å². The van der Waals surface area contributed by atoms with Gasteiger partial charge in [-0.2, -0.15) is 0 Å². The van der Waals surface area contributed by atoms with Crippen molar-refractivity contribution in [3.05, 3.63) is 134 Å². The van der Waals surface area contributed by atoms with E-state index in [1.165, 1.54) is 32.1 Å². The number of carbonyl (C=O) groups excluding carboxylic acids is 3. The van der Waals surface area contributed by atoms with Crippen LogP contribution in [0.5, 0.6) is 0 Å². The van der Waals surface area contributed by atoms with E-state index < -0.39 is 6.10 Å². The smallest absolute Gasteiger partial charge is 0.306 e. The minimum Gasteiger partial charge on any atom is -0.462 e. The van der Waals surface area contributed by atoms with Gasteiger partial charge in [-0.25, -0.2) is 0 Å². The fourth-order valence-corrected chi connectivity index (χ4v) is 6.86. The molecule has 0 aromatic heterocycles. The molecule has 0 heterocycles. The molecular formula is C62H98O6. The zero-order valence-corrected chi connectivity index (χ0v) is 43.6. The van der Waals surface area contributed by atoms with Crippen molar-refractivity contribution < 1.29 is 28.6 Å². The standard InChI is InChI=1S/C62H98O6/c1-4-7-10-13-16-19-22-25-27-29-30-31-32-33-35-37-40-43-46-49-52-55-61(64)67-58-59(57-66-60(63)54-51-48-45-42-39-36-24-21-18-15-12-9-6-3)68-62(65)56-53-50-47-44-41-38-34-28-26-23-20-17-14-11-8-5-2/h7,9-10,12,16,18-21,23,25,27-28,30-31,33-36,39,45,48,59H,4-6,8,11,13-15,17,22,24,26,29,32,37-38,40-44,46-47,49-58H2,1-3H3/b10-7-,12-9-,19-16-,21-18-,23-20-,27-25-,31-30-,34-28-,35-33-,39-36-,48-45-. The van der Waals surface area contributed by atoms with Gasteiger partial charge >= 0.3 is 17.9 Å². The van der Waals surface area contributed by atoms with Gasteiger partial charge < -0.3 is 14.2 Å². The van der Waals surface area contributed by atoms with Gasteiger partial charge in [0.1, 0.15) is 13.2 Å². The number of esters is 3. The van der Waals surface area contributed by atoms with E-state index in [4.69, 9.17) is 14.2 Å². The Labute approximate surface area is 417 Å². The second-order valence-corrected chi connectivity index (χ2v) is 17.4. The van der Waals surface area contributed by atoms with Crippen LogP contribution in [0.2, 0.25) is 0 Å². The van der Waals surface area contributed by atoms with Gasteiger partial charge in [0.25, 0.3) is 0 Å². The maximum absolute atomic E-state index is 12.8. The number of hydrogen-bond acceptors (Lipinski definition) is 6. The summed E-state index contributed by atoms with van der Waals surface area (Å²) in [6.45, 7) is 6.28. The first-order chi connectivity index (χ1) is 33.5. The summed E-state index contributed by atoms with van der Waals surface area (Å²) >= 11 is 0. The van der Waals surface area contributed by atoms with Crippen molar-refractivity contribution in [2.24, 2.45) is 0 Å². The third-order valence-electron chi connectivity index (χ3n) is 10.9. The van der Waals surface area contributed by atoms with E-state index in [2.05, 4.69) is 142 Å². The molecule has 382 valence electrons. The van der Waals surface area contributed by atoms with Crippen LogP contribution in [0.1, 0.15) is 220 Å². The Kier molecular flexibility index (Phi) is 51.5. The Balaban J connectivity index is 4.52. The van der Waals surface area contributed by atoms with E-state index in [1.54, 1.807) is 0 Å². The first kappa shape index (κ1) is 63.5. The number of unbranched alkanes of at least 4 members (excludes halogenated alkanes) is 14. The number of ether oxygens (including phenoxy) is 3. The highest BCUT2D eigenvalue weighted by Gasteiger charge is 2.19. The summed E-state index contributed by atoms with van der Waals surface area (Å²) in [7, 11) is 0. The van der Waals surface area contributed by atoms with Crippen LogP contribution < -0.4 is 0 Å². The molecule has 0 aromatic carbocycles. The lowest BCUT2D eigenvalue weighted by Gasteiger charge is -2.18. The molecule has 1 atom stereocenters. The number of allylic oxidation sites excluding steroid dienone is 22. The van der Waals surface area contributed by atoms with Crippen LogP contribution in [-0.4, -0.2) is 37.2 Å². The third-order valence-corrected chi connectivity index (χ3v) is 10.9. The van der Waals surface area contributed by atoms with Gasteiger partial charge in [-0.1, -0.05) is 212 Å². The average Bonchev–Trinajstić information content (AvgIpc) is 3.34. The average molecular weight is 939 g/mol. The van der Waals surface area contributed by atoms with Gasteiger partial charge in [0.05, 0.1) is 0 Å². The second kappa shape index (κ2) is 55.1. The number of hydrogen-bond donors (Lipinski definition) is 0. The molecule has 1 unspecified atom stereocenters. The van der Waals surface area contributed by atoms with Crippen LogP contribution in [0.4, 0.5) is 0 Å². The zero-order valence-electron chi connectivity index (χ0n) is 43.6. The monoisotopic (exact) mass is 939 g/mol. The van der Waals surface area contributed by atoms with Crippen molar-refractivity contribution in [3.63, 3.8) is 0 Å². The van der Waals surface area contributed by atoms with Crippen molar-refractivity contribution in [1.82, 2.24) is 0 Å². The molecule has 0 aliphatic heterocycles. The summed E-state index contributed by atoms with van der Waals surface area (Å²) in [6, 6.07) is 0.